The number of thiol groups is 1. The van der Waals surface area contributed by atoms with E-state index in [-0.39, 0.29) is 86.9 Å². The lowest BCUT2D eigenvalue weighted by Crippen LogP contribution is -2.42. The summed E-state index contributed by atoms with van der Waals surface area (Å²) in [6.07, 6.45) is -26.5. The van der Waals surface area contributed by atoms with Gasteiger partial charge in [0.25, 0.3) is 5.56 Å². The van der Waals surface area contributed by atoms with Gasteiger partial charge in [-0.15, -0.1) is 0 Å². The Bertz CT molecular complexity index is 4940. The topological polar surface area (TPSA) is 569 Å². The number of aryl methyl sites for hydroxylation is 1. The highest BCUT2D eigenvalue weighted by atomic mass is 32.7. The van der Waals surface area contributed by atoms with Crippen LogP contribution < -0.4 is 44.4 Å². The van der Waals surface area contributed by atoms with Crippen molar-refractivity contribution >= 4 is 143 Å². The van der Waals surface area contributed by atoms with Crippen LogP contribution >= 0.6 is 39.2 Å². The monoisotopic (exact) mass is 1630 g/mol. The van der Waals surface area contributed by atoms with Gasteiger partial charge in [0.05, 0.1) is 64.8 Å². The van der Waals surface area contributed by atoms with Gasteiger partial charge in [0.1, 0.15) is 109 Å². The van der Waals surface area contributed by atoms with Crippen molar-refractivity contribution in [1.29, 1.82) is 0 Å². The molecule has 6 aliphatic heterocycles. The molecule has 14 heterocycles. The van der Waals surface area contributed by atoms with Crippen LogP contribution in [0, 0.1) is 6.92 Å². The molecule has 0 spiro atoms. The second-order valence-corrected chi connectivity index (χ2v) is 35.2. The molecule has 5 fully saturated rings. The first kappa shape index (κ1) is 75.5. The van der Waals surface area contributed by atoms with Gasteiger partial charge in [0.15, 0.2) is 95.6 Å². The molecule has 15 N–H and O–H groups in total. The van der Waals surface area contributed by atoms with E-state index in [0.29, 0.717) is 0 Å². The van der Waals surface area contributed by atoms with E-state index in [4.69, 9.17) is 118 Å². The molecular formula is C50H60F4N22O21P4S4. The van der Waals surface area contributed by atoms with Gasteiger partial charge in [-0.25, -0.2) is 81.7 Å². The molecule has 0 bridgehead atoms. The van der Waals surface area contributed by atoms with Crippen molar-refractivity contribution in [2.45, 2.75) is 130 Å². The second-order valence-electron chi connectivity index (χ2n) is 24.0. The van der Waals surface area contributed by atoms with E-state index in [9.17, 15) is 39.0 Å². The molecule has 0 radical (unpaired) electrons. The van der Waals surface area contributed by atoms with Crippen LogP contribution in [0.1, 0.15) is 36.9 Å². The van der Waals surface area contributed by atoms with E-state index in [1.165, 1.54) is 18.0 Å². The number of aliphatic hydroxyl groups is 2. The van der Waals surface area contributed by atoms with E-state index in [1.54, 1.807) is 0 Å². The number of rotatable bonds is 26. The molecule has 0 saturated carbocycles. The first-order valence-electron chi connectivity index (χ1n) is 30.8. The quantitative estimate of drug-likeness (QED) is 0.0194. The smallest absolute Gasteiger partial charge is 0.386 e. The number of nitrogens with one attached hydrogen (secondary N) is 2. The van der Waals surface area contributed by atoms with Gasteiger partial charge in [-0.05, 0) is 42.3 Å². The van der Waals surface area contributed by atoms with Crippen LogP contribution in [-0.4, -0.2) is 235 Å². The first-order chi connectivity index (χ1) is 49.9. The fourth-order valence-electron chi connectivity index (χ4n) is 12.4. The van der Waals surface area contributed by atoms with Crippen molar-refractivity contribution in [3.8, 4) is 0 Å². The number of fused-ring (bicyclic) bond motifs is 4. The third kappa shape index (κ3) is 15.1. The fraction of sp³-hybridized carbons (Fsp3) is 0.540. The lowest BCUT2D eigenvalue weighted by atomic mass is 10.1. The maximum absolute atomic E-state index is 17.5. The summed E-state index contributed by atoms with van der Waals surface area (Å²) in [7, 11) is 0. The van der Waals surface area contributed by atoms with Gasteiger partial charge >= 0.3 is 32.6 Å². The van der Waals surface area contributed by atoms with Crippen molar-refractivity contribution < 1.29 is 107 Å². The number of nitrogen functional groups attached to an aromatic ring is 4. The maximum Gasteiger partial charge on any atom is 0.386 e. The number of ether oxygens (including phenoxy) is 5. The zero-order valence-electron chi connectivity index (χ0n) is 53.2. The molecule has 105 heavy (non-hydrogen) atoms. The fourth-order valence-corrected chi connectivity index (χ4v) is 18.2. The second kappa shape index (κ2) is 29.6. The number of H-pyrrole nitrogens is 1. The highest BCUT2D eigenvalue weighted by molar-refractivity contribution is 8.44. The molecule has 55 heteroatoms. The molecule has 0 amide bonds. The van der Waals surface area contributed by atoms with E-state index >= 15 is 17.6 Å². The van der Waals surface area contributed by atoms with Crippen molar-refractivity contribution in [3.63, 3.8) is 0 Å². The Hall–Kier alpha value is -6.26. The normalized spacial score (nSPS) is 32.1. The van der Waals surface area contributed by atoms with Gasteiger partial charge in [-0.3, -0.25) is 50.7 Å². The molecule has 568 valence electrons. The van der Waals surface area contributed by atoms with E-state index in [1.807, 2.05) is 0 Å². The Balaban J connectivity index is 0.690. The van der Waals surface area contributed by atoms with Crippen molar-refractivity contribution in [2.24, 2.45) is 0 Å². The number of aromatic amines is 1. The molecule has 8 aromatic heterocycles. The largest absolute Gasteiger partial charge is 0.394 e. The number of nitrogens with zero attached hydrogens (tertiary/aromatic N) is 16. The number of halogens is 4. The molecule has 5 saturated heterocycles. The molecule has 14 rings (SSSR count). The molecule has 6 aliphatic rings. The summed E-state index contributed by atoms with van der Waals surface area (Å²) in [6.45, 7) is -22.9. The summed E-state index contributed by atoms with van der Waals surface area (Å²) in [6, 6.07) is 0. The predicted molar refractivity (Wildman–Crippen MR) is 364 cm³/mol. The van der Waals surface area contributed by atoms with Gasteiger partial charge < -0.3 is 95.3 Å². The minimum absolute atomic E-state index is 0.00947. The van der Waals surface area contributed by atoms with Crippen LogP contribution in [0.4, 0.5) is 52.3 Å². The summed E-state index contributed by atoms with van der Waals surface area (Å²) >= 11 is 20.3. The Morgan fingerprint density at radius 1 is 0.562 bits per heavy atom. The lowest BCUT2D eigenvalue weighted by molar-refractivity contribution is -0.0539. The van der Waals surface area contributed by atoms with Crippen molar-refractivity contribution in [1.82, 2.24) is 78.1 Å². The number of hydrogen-bond acceptors (Lipinski definition) is 38. The third-order valence-corrected chi connectivity index (χ3v) is 23.7. The molecular weight excluding hydrogens is 1570 g/mol. The number of aromatic nitrogens is 16. The Labute approximate surface area is 604 Å². The van der Waals surface area contributed by atoms with Crippen molar-refractivity contribution in [3.05, 3.63) is 76.9 Å². The van der Waals surface area contributed by atoms with Gasteiger partial charge in [0, 0.05) is 18.2 Å². The molecule has 4 unspecified atom stereocenters. The molecule has 8 aromatic rings. The van der Waals surface area contributed by atoms with E-state index < -0.39 is 188 Å². The number of hydrogen-bond donors (Lipinski definition) is 12. The Morgan fingerprint density at radius 2 is 0.962 bits per heavy atom. The number of anilines is 6. The average molecular weight is 1630 g/mol. The summed E-state index contributed by atoms with van der Waals surface area (Å²) in [4.78, 5) is 108. The van der Waals surface area contributed by atoms with Crippen LogP contribution in [0.2, 0.25) is 0 Å². The average Bonchev–Trinajstić information content (AvgIpc) is 1.63. The van der Waals surface area contributed by atoms with Crippen LogP contribution in [0.5, 0.6) is 0 Å². The summed E-state index contributed by atoms with van der Waals surface area (Å²) in [5.74, 6) is -0.273. The number of alkyl halides is 4. The molecule has 23 atom stereocenters. The van der Waals surface area contributed by atoms with Crippen LogP contribution in [-0.2, 0) is 99.9 Å². The predicted octanol–water partition coefficient (Wildman–Crippen LogP) is 0.0788. The van der Waals surface area contributed by atoms with Crippen LogP contribution in [0.15, 0.2) is 60.1 Å². The van der Waals surface area contributed by atoms with Crippen LogP contribution in [0.3, 0.4) is 0 Å². The summed E-state index contributed by atoms with van der Waals surface area (Å²) in [5, 5.41) is 24.2. The van der Waals surface area contributed by atoms with Gasteiger partial charge in [0.2, 0.25) is 0 Å². The third-order valence-electron chi connectivity index (χ3n) is 17.4. The van der Waals surface area contributed by atoms with E-state index in [0.717, 1.165) is 62.6 Å². The molecule has 0 aromatic carbocycles. The highest BCUT2D eigenvalue weighted by Gasteiger charge is 2.57. The minimum atomic E-state index is -5.11. The zero-order chi connectivity index (χ0) is 74.5. The van der Waals surface area contributed by atoms with Crippen LogP contribution in [0.25, 0.3) is 33.5 Å². The highest BCUT2D eigenvalue weighted by Crippen LogP contribution is 2.59. The number of imidazole rings is 3. The lowest BCUT2D eigenvalue weighted by Gasteiger charge is -2.28. The Morgan fingerprint density at radius 3 is 1.44 bits per heavy atom. The molecule has 43 nitrogen and oxygen atoms in total. The summed E-state index contributed by atoms with van der Waals surface area (Å²) < 4.78 is 163. The number of nitrogens with two attached hydrogens (primary N) is 4. The SMILES string of the molecule is Cc1cn([C@H]2C[C@H](O)[C@@H](COP(O)(=S)O[C@H]3[C@@H](F)[C@H](n4cnc5c(N)ncnc54)O[C@@H]3COP(=O)(S)O[C@H]3[C@@H](F)[C@H](n4cnc5c(N)ncnc54)O[C@@H]3COP(O)(=S)O[C@H]3[C@@H](F)[C@H](N4CNc5c(N)ncnc54)O[C@@H]3COP(O)(=S)O[C@H]3[C@@H](F)[C@H](n4cnc5c(N)ncnc54)O[C@@H]3CO)O2)c(=O)[nH]c1=O. The van der Waals surface area contributed by atoms with E-state index in [2.05, 4.69) is 77.4 Å². The minimum Gasteiger partial charge on any atom is -0.394 e. The first-order valence-corrected chi connectivity index (χ1v) is 41.3. The zero-order valence-corrected chi connectivity index (χ0v) is 60.2. The maximum atomic E-state index is 17.5. The van der Waals surface area contributed by atoms with Gasteiger partial charge in [-0.2, -0.15) is 0 Å². The Kier molecular flexibility index (Phi) is 21.3. The standard InChI is InChI=1S/C50H60F4N22O21P4S4/c1-17-3-72(50(80)71-45(17)79)24-2-18(78)20(89-24)5-85-98(81,102)95-34-22(92-47(26(34)52)74-14-68-30-38(56)60-10-64-42(30)74)7-87-100(83,104)97-36-23(93-49(28(36)54)76-16-70-32-40(58)62-12-66-44(32)76)8-88-101(84,105)96-35-21(91-48(27(35)53)75-15-69-31-39(57)61-11-65-43(31)75)6-86-99(82,103)94-33-19(4-77)90-46(25(33)51)73-13-67-29-37(55)59-9-63-41(29)73/h3,9-14,16,18-28,33-36,46-49,69,77-78H,2,4-8,15H2,1H3,(H,81,102)(H,82,103)(H,83,104)(H,84,105)(H2,55,59,63)(H2,56,60,64)(H2,57,61,65)(H2,58,62,66)(H,71,79,80)/t18-,19+,20+,21+,22+,23+,24+,25+,26+,27+,28+,33+,34+,35+,36+,46+,47+,48+,49+,98?,99?,100?,101?/m0/s1. The van der Waals surface area contributed by atoms with Gasteiger partial charge in [-0.1, -0.05) is 12.2 Å². The molecule has 0 aliphatic carbocycles. The number of aliphatic hydroxyl groups excluding tert-OH is 2. The summed E-state index contributed by atoms with van der Waals surface area (Å²) in [5.41, 5.74) is 22.9. The van der Waals surface area contributed by atoms with Crippen molar-refractivity contribution in [2.75, 3.05) is 72.9 Å².